The molecule has 134 valence electrons. The Kier molecular flexibility index (Phi) is 3.89. The summed E-state index contributed by atoms with van der Waals surface area (Å²) in [6.07, 6.45) is 4.79. The van der Waals surface area contributed by atoms with Crippen LogP contribution in [0.1, 0.15) is 22.6 Å². The van der Waals surface area contributed by atoms with Crippen molar-refractivity contribution in [2.75, 3.05) is 26.2 Å². The van der Waals surface area contributed by atoms with Crippen molar-refractivity contribution in [2.45, 2.75) is 24.9 Å². The molecule has 2 fully saturated rings. The zero-order valence-corrected chi connectivity index (χ0v) is 14.8. The van der Waals surface area contributed by atoms with Gasteiger partial charge in [0, 0.05) is 57.1 Å². The van der Waals surface area contributed by atoms with Crippen molar-refractivity contribution >= 4 is 6.03 Å². The number of hydrogen-bond donors (Lipinski definition) is 1. The number of amides is 2. The molecule has 5 heteroatoms. The first-order chi connectivity index (χ1) is 12.8. The van der Waals surface area contributed by atoms with Crippen molar-refractivity contribution in [2.24, 2.45) is 5.92 Å². The van der Waals surface area contributed by atoms with Gasteiger partial charge >= 0.3 is 6.03 Å². The van der Waals surface area contributed by atoms with Crippen LogP contribution < -0.4 is 5.32 Å². The number of nitrogens with one attached hydrogen (secondary N) is 1. The molecule has 0 bridgehead atoms. The third-order valence-corrected chi connectivity index (χ3v) is 6.14. The smallest absolute Gasteiger partial charge is 0.317 e. The number of hydrogen-bond acceptors (Lipinski definition) is 3. The lowest BCUT2D eigenvalue weighted by Crippen LogP contribution is -2.52. The number of nitrogens with zero attached hydrogens (tertiary/aromatic N) is 3. The second-order valence-electron chi connectivity index (χ2n) is 7.69. The molecular weight excluding hydrogens is 324 g/mol. The minimum absolute atomic E-state index is 0.116. The number of pyridine rings is 1. The maximum Gasteiger partial charge on any atom is 0.317 e. The van der Waals surface area contributed by atoms with Crippen molar-refractivity contribution in [3.8, 4) is 0 Å². The molecule has 2 aromatic rings. The van der Waals surface area contributed by atoms with Crippen molar-refractivity contribution < 1.29 is 4.79 Å². The monoisotopic (exact) mass is 348 g/mol. The molecular formula is C21H24N4O. The van der Waals surface area contributed by atoms with E-state index in [1.54, 1.807) is 0 Å². The third kappa shape index (κ3) is 2.86. The van der Waals surface area contributed by atoms with Gasteiger partial charge in [0.1, 0.15) is 0 Å². The summed E-state index contributed by atoms with van der Waals surface area (Å²) in [6.45, 7) is 4.39. The fourth-order valence-corrected chi connectivity index (χ4v) is 4.64. The molecule has 1 aromatic heterocycles. The first kappa shape index (κ1) is 15.8. The number of piperazine rings is 1. The van der Waals surface area contributed by atoms with Gasteiger partial charge in [-0.3, -0.25) is 9.88 Å². The van der Waals surface area contributed by atoms with E-state index in [-0.39, 0.29) is 6.03 Å². The zero-order valence-electron chi connectivity index (χ0n) is 14.8. The highest BCUT2D eigenvalue weighted by molar-refractivity contribution is 5.75. The molecule has 0 radical (unpaired) electrons. The predicted molar refractivity (Wildman–Crippen MR) is 99.8 cm³/mol. The summed E-state index contributed by atoms with van der Waals surface area (Å²) in [4.78, 5) is 21.1. The molecule has 3 atom stereocenters. The van der Waals surface area contributed by atoms with Gasteiger partial charge in [0.25, 0.3) is 0 Å². The Bertz CT molecular complexity index is 801. The van der Waals surface area contributed by atoms with Crippen molar-refractivity contribution in [1.29, 1.82) is 0 Å². The molecule has 1 saturated heterocycles. The van der Waals surface area contributed by atoms with Gasteiger partial charge < -0.3 is 10.2 Å². The number of carbonyl (C=O) groups excluding carboxylic acids is 1. The summed E-state index contributed by atoms with van der Waals surface area (Å²) in [5, 5.41) is 3.29. The highest BCUT2D eigenvalue weighted by Crippen LogP contribution is 2.56. The van der Waals surface area contributed by atoms with Crippen molar-refractivity contribution in [1.82, 2.24) is 20.1 Å². The SMILES string of the molecule is O=C(NC1C2Cc3ccccc3C21)N1CCN(Cc2ccncc2)CC1. The van der Waals surface area contributed by atoms with Gasteiger partial charge in [-0.05, 0) is 41.2 Å². The van der Waals surface area contributed by atoms with Crippen LogP contribution in [0.3, 0.4) is 0 Å². The average molecular weight is 348 g/mol. The van der Waals surface area contributed by atoms with E-state index >= 15 is 0 Å². The number of urea groups is 1. The lowest BCUT2D eigenvalue weighted by atomic mass is 10.1. The van der Waals surface area contributed by atoms with E-state index in [9.17, 15) is 4.79 Å². The molecule has 2 heterocycles. The molecule has 0 spiro atoms. The largest absolute Gasteiger partial charge is 0.334 e. The standard InChI is InChI=1S/C21H24N4O/c26-21(23-20-18-13-16-3-1-2-4-17(16)19(18)20)25-11-9-24(10-12-25)14-15-5-7-22-8-6-15/h1-8,18-20H,9-14H2,(H,23,26). The maximum absolute atomic E-state index is 12.6. The fraction of sp³-hybridized carbons (Fsp3) is 0.429. The summed E-state index contributed by atoms with van der Waals surface area (Å²) in [7, 11) is 0. The highest BCUT2D eigenvalue weighted by Gasteiger charge is 2.56. The Morgan fingerprint density at radius 3 is 2.65 bits per heavy atom. The van der Waals surface area contributed by atoms with Gasteiger partial charge in [-0.1, -0.05) is 24.3 Å². The highest BCUT2D eigenvalue weighted by atomic mass is 16.2. The normalized spacial score (nSPS) is 26.9. The molecule has 1 saturated carbocycles. The van der Waals surface area contributed by atoms with Crippen LogP contribution in [0.4, 0.5) is 4.79 Å². The quantitative estimate of drug-likeness (QED) is 0.925. The van der Waals surface area contributed by atoms with E-state index in [1.165, 1.54) is 16.7 Å². The first-order valence-corrected chi connectivity index (χ1v) is 9.54. The topological polar surface area (TPSA) is 48.5 Å². The third-order valence-electron chi connectivity index (χ3n) is 6.14. The van der Waals surface area contributed by atoms with Crippen LogP contribution in [-0.4, -0.2) is 53.0 Å². The molecule has 1 N–H and O–H groups in total. The number of carbonyl (C=O) groups is 1. The van der Waals surface area contributed by atoms with Gasteiger partial charge in [-0.25, -0.2) is 4.79 Å². The summed E-state index contributed by atoms with van der Waals surface area (Å²) >= 11 is 0. The lowest BCUT2D eigenvalue weighted by molar-refractivity contribution is 0.134. The van der Waals surface area contributed by atoms with Crippen LogP contribution in [0.2, 0.25) is 0 Å². The summed E-state index contributed by atoms with van der Waals surface area (Å²) in [5.74, 6) is 1.16. The number of benzene rings is 1. The fourth-order valence-electron chi connectivity index (χ4n) is 4.64. The van der Waals surface area contributed by atoms with Crippen LogP contribution in [0, 0.1) is 5.92 Å². The Morgan fingerprint density at radius 2 is 1.85 bits per heavy atom. The molecule has 3 aliphatic rings. The molecule has 26 heavy (non-hydrogen) atoms. The zero-order chi connectivity index (χ0) is 17.5. The van der Waals surface area contributed by atoms with E-state index in [0.29, 0.717) is 17.9 Å². The molecule has 1 aromatic carbocycles. The van der Waals surface area contributed by atoms with Gasteiger partial charge in [-0.2, -0.15) is 0 Å². The van der Waals surface area contributed by atoms with Crippen molar-refractivity contribution in [3.63, 3.8) is 0 Å². The second kappa shape index (κ2) is 6.40. The molecule has 5 nitrogen and oxygen atoms in total. The van der Waals surface area contributed by atoms with Crippen LogP contribution >= 0.6 is 0 Å². The van der Waals surface area contributed by atoms with E-state index in [0.717, 1.165) is 39.1 Å². The summed E-state index contributed by atoms with van der Waals surface area (Å²) < 4.78 is 0. The number of fused-ring (bicyclic) bond motifs is 3. The number of aromatic nitrogens is 1. The molecule has 5 rings (SSSR count). The Labute approximate surface area is 154 Å². The number of rotatable bonds is 3. The Morgan fingerprint density at radius 1 is 1.08 bits per heavy atom. The van der Waals surface area contributed by atoms with Crippen molar-refractivity contribution in [3.05, 3.63) is 65.5 Å². The minimum Gasteiger partial charge on any atom is -0.334 e. The Balaban J connectivity index is 1.12. The minimum atomic E-state index is 0.116. The van der Waals surface area contributed by atoms with Gasteiger partial charge in [-0.15, -0.1) is 0 Å². The lowest BCUT2D eigenvalue weighted by Gasteiger charge is -2.34. The van der Waals surface area contributed by atoms with E-state index in [1.807, 2.05) is 17.3 Å². The van der Waals surface area contributed by atoms with Gasteiger partial charge in [0.05, 0.1) is 0 Å². The molecule has 2 amide bonds. The predicted octanol–water partition coefficient (Wildman–Crippen LogP) is 2.25. The summed E-state index contributed by atoms with van der Waals surface area (Å²) in [5.41, 5.74) is 4.20. The Hall–Kier alpha value is -2.40. The molecule has 3 unspecified atom stereocenters. The van der Waals surface area contributed by atoms with Crippen LogP contribution in [0.25, 0.3) is 0 Å². The van der Waals surface area contributed by atoms with E-state index in [4.69, 9.17) is 0 Å². The second-order valence-corrected chi connectivity index (χ2v) is 7.69. The maximum atomic E-state index is 12.6. The van der Waals surface area contributed by atoms with Crippen LogP contribution in [-0.2, 0) is 13.0 Å². The summed E-state index contributed by atoms with van der Waals surface area (Å²) in [6, 6.07) is 13.2. The van der Waals surface area contributed by atoms with Crippen LogP contribution in [0.5, 0.6) is 0 Å². The van der Waals surface area contributed by atoms with Gasteiger partial charge in [0.2, 0.25) is 0 Å². The molecule has 2 aliphatic carbocycles. The van der Waals surface area contributed by atoms with E-state index < -0.39 is 0 Å². The van der Waals surface area contributed by atoms with Crippen LogP contribution in [0.15, 0.2) is 48.8 Å². The van der Waals surface area contributed by atoms with Gasteiger partial charge in [0.15, 0.2) is 0 Å². The first-order valence-electron chi connectivity index (χ1n) is 9.54. The van der Waals surface area contributed by atoms with E-state index in [2.05, 4.69) is 51.6 Å². The average Bonchev–Trinajstić information content (AvgIpc) is 3.19. The molecule has 1 aliphatic heterocycles.